The zero-order valence-electron chi connectivity index (χ0n) is 11.4. The second kappa shape index (κ2) is 4.89. The third kappa shape index (κ3) is 3.40. The fourth-order valence-corrected chi connectivity index (χ4v) is 1.64. The molecule has 0 radical (unpaired) electrons. The first-order valence-corrected chi connectivity index (χ1v) is 6.04. The Kier molecular flexibility index (Phi) is 3.47. The molecule has 2 aromatic rings. The molecule has 6 nitrogen and oxygen atoms in total. The molecule has 0 aliphatic carbocycles. The second-order valence-corrected chi connectivity index (χ2v) is 5.46. The number of rotatable bonds is 4. The highest BCUT2D eigenvalue weighted by atomic mass is 15.4. The Morgan fingerprint density at radius 1 is 1.33 bits per heavy atom. The molecule has 1 N–H and O–H groups in total. The van der Waals surface area contributed by atoms with Crippen LogP contribution in [0.4, 0.5) is 0 Å². The van der Waals surface area contributed by atoms with Gasteiger partial charge in [0, 0.05) is 31.2 Å². The number of hydrogen-bond acceptors (Lipinski definition) is 4. The van der Waals surface area contributed by atoms with E-state index in [1.165, 1.54) is 0 Å². The first-order chi connectivity index (χ1) is 8.44. The monoisotopic (exact) mass is 248 g/mol. The van der Waals surface area contributed by atoms with Crippen LogP contribution in [0.3, 0.4) is 0 Å². The van der Waals surface area contributed by atoms with Gasteiger partial charge in [0.05, 0.1) is 13.1 Å². The van der Waals surface area contributed by atoms with Gasteiger partial charge in [0.1, 0.15) is 11.5 Å². The molecule has 2 rings (SSSR count). The summed E-state index contributed by atoms with van der Waals surface area (Å²) in [6.07, 6.45) is 5.70. The lowest BCUT2D eigenvalue weighted by atomic mass is 10.1. The Bertz CT molecular complexity index is 505. The van der Waals surface area contributed by atoms with Crippen LogP contribution in [0.25, 0.3) is 0 Å². The molecule has 0 atom stereocenters. The minimum atomic E-state index is 0.0866. The van der Waals surface area contributed by atoms with Crippen LogP contribution in [0.1, 0.15) is 32.3 Å². The average Bonchev–Trinajstić information content (AvgIpc) is 2.85. The van der Waals surface area contributed by atoms with Crippen molar-refractivity contribution in [3.63, 3.8) is 0 Å². The standard InChI is InChI=1S/C12H20N6/c1-12(2,3)14-7-11-13-5-6-18(11)9-10-8-17(4)16-15-10/h5-6,8,14H,7,9H2,1-4H3. The van der Waals surface area contributed by atoms with Gasteiger partial charge < -0.3 is 9.88 Å². The Morgan fingerprint density at radius 2 is 2.11 bits per heavy atom. The summed E-state index contributed by atoms with van der Waals surface area (Å²) in [5.74, 6) is 1.01. The minimum absolute atomic E-state index is 0.0866. The Balaban J connectivity index is 2.03. The molecule has 0 bridgehead atoms. The van der Waals surface area contributed by atoms with Gasteiger partial charge in [-0.25, -0.2) is 4.98 Å². The van der Waals surface area contributed by atoms with E-state index in [1.54, 1.807) is 4.68 Å². The van der Waals surface area contributed by atoms with E-state index in [-0.39, 0.29) is 5.54 Å². The predicted octanol–water partition coefficient (Wildman–Crippen LogP) is 0.948. The van der Waals surface area contributed by atoms with E-state index in [4.69, 9.17) is 0 Å². The Labute approximate surface area is 107 Å². The minimum Gasteiger partial charge on any atom is -0.328 e. The first kappa shape index (κ1) is 12.8. The van der Waals surface area contributed by atoms with E-state index in [0.717, 1.165) is 18.1 Å². The van der Waals surface area contributed by atoms with Gasteiger partial charge in [-0.1, -0.05) is 5.21 Å². The maximum absolute atomic E-state index is 4.37. The highest BCUT2D eigenvalue weighted by molar-refractivity contribution is 5.00. The quantitative estimate of drug-likeness (QED) is 0.875. The van der Waals surface area contributed by atoms with Crippen LogP contribution in [0.2, 0.25) is 0 Å². The second-order valence-electron chi connectivity index (χ2n) is 5.46. The van der Waals surface area contributed by atoms with Crippen molar-refractivity contribution in [1.29, 1.82) is 0 Å². The molecule has 2 heterocycles. The first-order valence-electron chi connectivity index (χ1n) is 6.04. The summed E-state index contributed by atoms with van der Waals surface area (Å²) < 4.78 is 3.79. The summed E-state index contributed by atoms with van der Waals surface area (Å²) in [6, 6.07) is 0. The predicted molar refractivity (Wildman–Crippen MR) is 68.9 cm³/mol. The van der Waals surface area contributed by atoms with E-state index >= 15 is 0 Å². The highest BCUT2D eigenvalue weighted by Crippen LogP contribution is 2.05. The van der Waals surface area contributed by atoms with Gasteiger partial charge in [-0.05, 0) is 20.8 Å². The molecule has 2 aromatic heterocycles. The molecule has 0 saturated carbocycles. The Morgan fingerprint density at radius 3 is 2.72 bits per heavy atom. The van der Waals surface area contributed by atoms with Gasteiger partial charge in [-0.15, -0.1) is 5.10 Å². The SMILES string of the molecule is Cn1cc(Cn2ccnc2CNC(C)(C)C)nn1. The smallest absolute Gasteiger partial charge is 0.123 e. The number of nitrogens with one attached hydrogen (secondary N) is 1. The van der Waals surface area contributed by atoms with Gasteiger partial charge in [0.2, 0.25) is 0 Å². The molecule has 18 heavy (non-hydrogen) atoms. The third-order valence-corrected chi connectivity index (χ3v) is 2.56. The fraction of sp³-hybridized carbons (Fsp3) is 0.583. The fourth-order valence-electron chi connectivity index (χ4n) is 1.64. The van der Waals surface area contributed by atoms with Crippen molar-refractivity contribution in [2.24, 2.45) is 7.05 Å². The van der Waals surface area contributed by atoms with Crippen LogP contribution in [0, 0.1) is 0 Å². The van der Waals surface area contributed by atoms with Gasteiger partial charge >= 0.3 is 0 Å². The van der Waals surface area contributed by atoms with Gasteiger partial charge in [-0.2, -0.15) is 0 Å². The van der Waals surface area contributed by atoms with Crippen LogP contribution in [-0.2, 0) is 20.1 Å². The summed E-state index contributed by atoms with van der Waals surface area (Å²) in [5.41, 5.74) is 1.02. The third-order valence-electron chi connectivity index (χ3n) is 2.56. The molecule has 0 saturated heterocycles. The largest absolute Gasteiger partial charge is 0.328 e. The van der Waals surface area contributed by atoms with E-state index in [1.807, 2.05) is 25.6 Å². The number of nitrogens with zero attached hydrogens (tertiary/aromatic N) is 5. The number of aromatic nitrogens is 5. The van der Waals surface area contributed by atoms with E-state index in [2.05, 4.69) is 46.0 Å². The van der Waals surface area contributed by atoms with Crippen LogP contribution < -0.4 is 5.32 Å². The van der Waals surface area contributed by atoms with Crippen molar-refractivity contribution >= 4 is 0 Å². The van der Waals surface area contributed by atoms with Crippen LogP contribution in [0.5, 0.6) is 0 Å². The topological polar surface area (TPSA) is 60.6 Å². The Hall–Kier alpha value is -1.69. The van der Waals surface area contributed by atoms with Crippen molar-refractivity contribution in [2.75, 3.05) is 0 Å². The van der Waals surface area contributed by atoms with Crippen molar-refractivity contribution in [3.8, 4) is 0 Å². The van der Waals surface area contributed by atoms with E-state index < -0.39 is 0 Å². The highest BCUT2D eigenvalue weighted by Gasteiger charge is 2.11. The number of hydrogen-bond donors (Lipinski definition) is 1. The summed E-state index contributed by atoms with van der Waals surface area (Å²) in [6.45, 7) is 7.88. The van der Waals surface area contributed by atoms with Gasteiger partial charge in [-0.3, -0.25) is 4.68 Å². The lowest BCUT2D eigenvalue weighted by Crippen LogP contribution is -2.36. The van der Waals surface area contributed by atoms with Crippen molar-refractivity contribution in [3.05, 3.63) is 30.1 Å². The maximum atomic E-state index is 4.37. The zero-order chi connectivity index (χ0) is 13.2. The molecule has 0 aliphatic heterocycles. The molecule has 98 valence electrons. The van der Waals surface area contributed by atoms with Crippen molar-refractivity contribution < 1.29 is 0 Å². The zero-order valence-corrected chi connectivity index (χ0v) is 11.4. The molecule has 0 aliphatic rings. The molecule has 0 spiro atoms. The molecular formula is C12H20N6. The summed E-state index contributed by atoms with van der Waals surface area (Å²) in [7, 11) is 1.87. The summed E-state index contributed by atoms with van der Waals surface area (Å²) in [4.78, 5) is 4.37. The van der Waals surface area contributed by atoms with Crippen LogP contribution >= 0.6 is 0 Å². The van der Waals surface area contributed by atoms with Gasteiger partial charge in [0.25, 0.3) is 0 Å². The summed E-state index contributed by atoms with van der Waals surface area (Å²) in [5, 5.41) is 11.4. The summed E-state index contributed by atoms with van der Waals surface area (Å²) >= 11 is 0. The normalized spacial score (nSPS) is 12.0. The molecule has 0 aromatic carbocycles. The van der Waals surface area contributed by atoms with Crippen LogP contribution in [-0.4, -0.2) is 30.1 Å². The maximum Gasteiger partial charge on any atom is 0.123 e. The molecule has 0 amide bonds. The van der Waals surface area contributed by atoms with Crippen molar-refractivity contribution in [2.45, 2.75) is 39.4 Å². The number of imidazole rings is 1. The van der Waals surface area contributed by atoms with Crippen LogP contribution in [0.15, 0.2) is 18.6 Å². The number of aryl methyl sites for hydroxylation is 1. The van der Waals surface area contributed by atoms with Crippen molar-refractivity contribution in [1.82, 2.24) is 29.9 Å². The van der Waals surface area contributed by atoms with E-state index in [9.17, 15) is 0 Å². The van der Waals surface area contributed by atoms with E-state index in [0.29, 0.717) is 6.54 Å². The lowest BCUT2D eigenvalue weighted by molar-refractivity contribution is 0.413. The average molecular weight is 248 g/mol. The van der Waals surface area contributed by atoms with Gasteiger partial charge in [0.15, 0.2) is 0 Å². The molecule has 6 heteroatoms. The molecule has 0 unspecified atom stereocenters. The lowest BCUT2D eigenvalue weighted by Gasteiger charge is -2.20. The molecular weight excluding hydrogens is 228 g/mol. The molecule has 0 fully saturated rings.